The Morgan fingerprint density at radius 2 is 1.10 bits per heavy atom. The molecule has 0 rings (SSSR count). The number of carbonyl (C=O) groups excluding carboxylic acids is 3. The van der Waals surface area contributed by atoms with E-state index in [1.807, 2.05) is 6.26 Å². The smallest absolute Gasteiger partial charge is 0.229 e. The number of nitrogens with one attached hydrogen (secondary N) is 3. The Hall–Kier alpha value is -1.24. The Bertz CT molecular complexity index is 279. The molecule has 6 nitrogen and oxygen atoms in total. The van der Waals surface area contributed by atoms with Crippen LogP contribution in [0.15, 0.2) is 0 Å². The molecule has 0 aliphatic heterocycles. The summed E-state index contributed by atoms with van der Waals surface area (Å²) in [6.07, 6.45) is 6.94. The van der Waals surface area contributed by atoms with Crippen molar-refractivity contribution in [2.24, 2.45) is 0 Å². The van der Waals surface area contributed by atoms with Crippen molar-refractivity contribution in [1.29, 1.82) is 0 Å². The summed E-state index contributed by atoms with van der Waals surface area (Å²) in [6, 6.07) is 0. The summed E-state index contributed by atoms with van der Waals surface area (Å²) in [6.45, 7) is 0. The van der Waals surface area contributed by atoms with Gasteiger partial charge in [-0.3, -0.25) is 14.4 Å². The van der Waals surface area contributed by atoms with Gasteiger partial charge in [-0.25, -0.2) is 0 Å². The fraction of sp³-hybridized carbons (Fsp3) is 0.786. The molecule has 0 atom stereocenters. The van der Waals surface area contributed by atoms with Crippen molar-refractivity contribution < 1.29 is 14.4 Å². The standard InChI is InChI=1S/C10H20N2O2.C4H9NOS/c1-11-9(13)7-5-3-4-6-8-10(14)12-2;1-5-4(6)3-7-2/h3-8H2,1-2H3,(H,11,13)(H,12,14);3H2,1-2H3,(H,5,6). The van der Waals surface area contributed by atoms with E-state index in [2.05, 4.69) is 16.0 Å². The van der Waals surface area contributed by atoms with Gasteiger partial charge in [0.05, 0.1) is 5.75 Å². The highest BCUT2D eigenvalue weighted by molar-refractivity contribution is 7.99. The molecular formula is C14H29N3O3S. The number of hydrogen-bond acceptors (Lipinski definition) is 4. The zero-order valence-electron chi connectivity index (χ0n) is 13.6. The zero-order valence-corrected chi connectivity index (χ0v) is 14.4. The van der Waals surface area contributed by atoms with Crippen molar-refractivity contribution in [3.63, 3.8) is 0 Å². The molecule has 21 heavy (non-hydrogen) atoms. The normalized spacial score (nSPS) is 9.14. The minimum atomic E-state index is 0.0903. The second-order valence-corrected chi connectivity index (χ2v) is 5.23. The third-order valence-electron chi connectivity index (χ3n) is 2.67. The molecule has 124 valence electrons. The summed E-state index contributed by atoms with van der Waals surface area (Å²) in [5, 5.41) is 7.67. The van der Waals surface area contributed by atoms with Gasteiger partial charge in [-0.2, -0.15) is 11.8 Å². The van der Waals surface area contributed by atoms with Crippen molar-refractivity contribution in [3.05, 3.63) is 0 Å². The summed E-state index contributed by atoms with van der Waals surface area (Å²) < 4.78 is 0. The molecule has 0 radical (unpaired) electrons. The molecule has 0 aromatic rings. The Morgan fingerprint density at radius 1 is 0.714 bits per heavy atom. The highest BCUT2D eigenvalue weighted by Gasteiger charge is 1.99. The van der Waals surface area contributed by atoms with E-state index < -0.39 is 0 Å². The van der Waals surface area contributed by atoms with Gasteiger partial charge in [0.25, 0.3) is 0 Å². The van der Waals surface area contributed by atoms with Gasteiger partial charge in [0.15, 0.2) is 0 Å². The first kappa shape index (κ1) is 22.0. The maximum atomic E-state index is 10.8. The van der Waals surface area contributed by atoms with Gasteiger partial charge in [-0.1, -0.05) is 12.8 Å². The predicted octanol–water partition coefficient (Wildman–Crippen LogP) is 0.914. The predicted molar refractivity (Wildman–Crippen MR) is 88.3 cm³/mol. The Balaban J connectivity index is 0. The topological polar surface area (TPSA) is 87.3 Å². The Morgan fingerprint density at radius 3 is 1.33 bits per heavy atom. The van der Waals surface area contributed by atoms with Crippen molar-refractivity contribution in [2.45, 2.75) is 38.5 Å². The number of carbonyl (C=O) groups is 3. The van der Waals surface area contributed by atoms with Crippen LogP contribution in [-0.2, 0) is 14.4 Å². The molecule has 0 heterocycles. The SMILES string of the molecule is CNC(=O)CCCCCCC(=O)NC.CNC(=O)CSC. The van der Waals surface area contributed by atoms with Crippen LogP contribution >= 0.6 is 11.8 Å². The maximum absolute atomic E-state index is 10.8. The molecule has 3 N–H and O–H groups in total. The molecule has 0 unspecified atom stereocenters. The fourth-order valence-corrected chi connectivity index (χ4v) is 1.78. The zero-order chi connectivity index (χ0) is 16.5. The average molecular weight is 319 g/mol. The van der Waals surface area contributed by atoms with Crippen molar-refractivity contribution in [3.8, 4) is 0 Å². The van der Waals surface area contributed by atoms with Gasteiger partial charge in [-0.05, 0) is 19.1 Å². The molecule has 0 fully saturated rings. The van der Waals surface area contributed by atoms with Crippen LogP contribution in [0.4, 0.5) is 0 Å². The monoisotopic (exact) mass is 319 g/mol. The molecule has 0 saturated carbocycles. The molecule has 0 saturated heterocycles. The lowest BCUT2D eigenvalue weighted by molar-refractivity contribution is -0.121. The van der Waals surface area contributed by atoms with E-state index in [4.69, 9.17) is 0 Å². The molecule has 0 aromatic carbocycles. The van der Waals surface area contributed by atoms with E-state index in [1.54, 1.807) is 21.1 Å². The average Bonchev–Trinajstić information content (AvgIpc) is 2.50. The van der Waals surface area contributed by atoms with Crippen LogP contribution in [0, 0.1) is 0 Å². The lowest BCUT2D eigenvalue weighted by Gasteiger charge is -2.01. The van der Waals surface area contributed by atoms with E-state index in [-0.39, 0.29) is 17.7 Å². The number of hydrogen-bond donors (Lipinski definition) is 3. The van der Waals surface area contributed by atoms with Crippen LogP contribution in [0.1, 0.15) is 38.5 Å². The third-order valence-corrected chi connectivity index (χ3v) is 3.22. The van der Waals surface area contributed by atoms with E-state index in [0.717, 1.165) is 25.7 Å². The maximum Gasteiger partial charge on any atom is 0.229 e. The molecular weight excluding hydrogens is 290 g/mol. The molecule has 7 heteroatoms. The highest BCUT2D eigenvalue weighted by atomic mass is 32.2. The first-order chi connectivity index (χ1) is 10.0. The highest BCUT2D eigenvalue weighted by Crippen LogP contribution is 2.04. The largest absolute Gasteiger partial charge is 0.359 e. The van der Waals surface area contributed by atoms with Gasteiger partial charge in [-0.15, -0.1) is 0 Å². The summed E-state index contributed by atoms with van der Waals surface area (Å²) >= 11 is 1.52. The van der Waals surface area contributed by atoms with Crippen molar-refractivity contribution in [2.75, 3.05) is 33.2 Å². The van der Waals surface area contributed by atoms with Crippen molar-refractivity contribution >= 4 is 29.5 Å². The molecule has 3 amide bonds. The lowest BCUT2D eigenvalue weighted by atomic mass is 10.1. The van der Waals surface area contributed by atoms with Crippen LogP contribution in [0.5, 0.6) is 0 Å². The third kappa shape index (κ3) is 18.8. The minimum Gasteiger partial charge on any atom is -0.359 e. The van der Waals surface area contributed by atoms with Gasteiger partial charge in [0.2, 0.25) is 17.7 Å². The Labute approximate surface area is 132 Å². The number of rotatable bonds is 9. The minimum absolute atomic E-state index is 0.0903. The first-order valence-corrected chi connectivity index (χ1v) is 8.51. The Kier molecular flexibility index (Phi) is 17.7. The molecule has 0 aliphatic rings. The quantitative estimate of drug-likeness (QED) is 0.551. The van der Waals surface area contributed by atoms with E-state index in [1.165, 1.54) is 11.8 Å². The van der Waals surface area contributed by atoms with Crippen LogP contribution in [0.25, 0.3) is 0 Å². The molecule has 0 bridgehead atoms. The van der Waals surface area contributed by atoms with Crippen LogP contribution in [0.2, 0.25) is 0 Å². The fourth-order valence-electron chi connectivity index (χ4n) is 1.38. The van der Waals surface area contributed by atoms with Gasteiger partial charge in [0, 0.05) is 34.0 Å². The molecule has 0 spiro atoms. The summed E-state index contributed by atoms with van der Waals surface area (Å²) in [4.78, 5) is 31.9. The van der Waals surface area contributed by atoms with Gasteiger partial charge in [0.1, 0.15) is 0 Å². The number of unbranched alkanes of at least 4 members (excludes halogenated alkanes) is 3. The second-order valence-electron chi connectivity index (χ2n) is 4.37. The van der Waals surface area contributed by atoms with E-state index in [0.29, 0.717) is 18.6 Å². The molecule has 0 aromatic heterocycles. The summed E-state index contributed by atoms with van der Waals surface area (Å²) in [5.41, 5.74) is 0. The molecule has 0 aliphatic carbocycles. The van der Waals surface area contributed by atoms with Gasteiger partial charge >= 0.3 is 0 Å². The number of amides is 3. The lowest BCUT2D eigenvalue weighted by Crippen LogP contribution is -2.19. The first-order valence-electron chi connectivity index (χ1n) is 7.12. The summed E-state index contributed by atoms with van der Waals surface area (Å²) in [7, 11) is 4.93. The summed E-state index contributed by atoms with van der Waals surface area (Å²) in [5.74, 6) is 0.844. The van der Waals surface area contributed by atoms with Crippen LogP contribution in [0.3, 0.4) is 0 Å². The van der Waals surface area contributed by atoms with E-state index in [9.17, 15) is 14.4 Å². The van der Waals surface area contributed by atoms with Crippen LogP contribution < -0.4 is 16.0 Å². The van der Waals surface area contributed by atoms with Gasteiger partial charge < -0.3 is 16.0 Å². The van der Waals surface area contributed by atoms with Crippen molar-refractivity contribution in [1.82, 2.24) is 16.0 Å². The van der Waals surface area contributed by atoms with Crippen LogP contribution in [-0.4, -0.2) is 50.9 Å². The second kappa shape index (κ2) is 16.8. The number of thioether (sulfide) groups is 1. The van der Waals surface area contributed by atoms with E-state index >= 15 is 0 Å².